The third-order valence-corrected chi connectivity index (χ3v) is 4.98. The molecule has 0 saturated carbocycles. The Bertz CT molecular complexity index is 562. The van der Waals surface area contributed by atoms with E-state index in [2.05, 4.69) is 0 Å². The van der Waals surface area contributed by atoms with Crippen LogP contribution in [0.2, 0.25) is 0 Å². The van der Waals surface area contributed by atoms with E-state index in [1.54, 1.807) is 13.8 Å². The third kappa shape index (κ3) is 4.98. The van der Waals surface area contributed by atoms with Gasteiger partial charge in [0.2, 0.25) is 0 Å². The highest BCUT2D eigenvalue weighted by atomic mass is 31.2. The molecule has 0 aliphatic carbocycles. The van der Waals surface area contributed by atoms with E-state index < -0.39 is 12.9 Å². The quantitative estimate of drug-likeness (QED) is 0.168. The Morgan fingerprint density at radius 1 is 1.22 bits per heavy atom. The van der Waals surface area contributed by atoms with Gasteiger partial charge in [0.25, 0.3) is 5.28 Å². The van der Waals surface area contributed by atoms with Crippen LogP contribution in [0.25, 0.3) is 0 Å². The van der Waals surface area contributed by atoms with Crippen LogP contribution in [0.1, 0.15) is 33.3 Å². The second-order valence-corrected chi connectivity index (χ2v) is 7.29. The van der Waals surface area contributed by atoms with Gasteiger partial charge >= 0.3 is 7.60 Å². The van der Waals surface area contributed by atoms with Crippen LogP contribution in [-0.4, -0.2) is 29.4 Å². The van der Waals surface area contributed by atoms with E-state index in [9.17, 15) is 15.0 Å². The molecule has 10 heteroatoms. The van der Waals surface area contributed by atoms with Gasteiger partial charge < -0.3 is 10.4 Å². The Labute approximate surface area is 134 Å². The van der Waals surface area contributed by atoms with Gasteiger partial charge in [-0.1, -0.05) is 0 Å². The molecule has 9 nitrogen and oxygen atoms in total. The second-order valence-electron chi connectivity index (χ2n) is 4.90. The van der Waals surface area contributed by atoms with Crippen LogP contribution in [0.5, 0.6) is 0 Å². The van der Waals surface area contributed by atoms with Crippen molar-refractivity contribution in [1.29, 1.82) is 0 Å². The fraction of sp³-hybridized carbons (Fsp3) is 0.538. The Balaban J connectivity index is 3.10. The van der Waals surface area contributed by atoms with Gasteiger partial charge in [-0.05, 0) is 13.8 Å². The molecule has 1 aromatic rings. The number of rotatable bonds is 9. The Kier molecular flexibility index (Phi) is 7.11. The SMILES string of the molecule is CCOOP(=O)(OOCC)C(C)(C)/[N+]([O-])=C\c1cc[n+]([O-])cc1. The Morgan fingerprint density at radius 3 is 2.13 bits per heavy atom. The molecule has 1 rings (SSSR count). The lowest BCUT2D eigenvalue weighted by Crippen LogP contribution is -2.35. The monoisotopic (exact) mass is 348 g/mol. The summed E-state index contributed by atoms with van der Waals surface area (Å²) in [4.78, 5) is 9.41. The minimum atomic E-state index is -4.09. The fourth-order valence-electron chi connectivity index (χ4n) is 1.36. The first-order valence-electron chi connectivity index (χ1n) is 6.99. The number of hydrogen-bond acceptors (Lipinski definition) is 7. The summed E-state index contributed by atoms with van der Waals surface area (Å²) in [7, 11) is -4.09. The Morgan fingerprint density at radius 2 is 1.70 bits per heavy atom. The minimum absolute atomic E-state index is 0.111. The maximum atomic E-state index is 12.8. The first kappa shape index (κ1) is 19.5. The van der Waals surface area contributed by atoms with Crippen molar-refractivity contribution in [2.24, 2.45) is 0 Å². The summed E-state index contributed by atoms with van der Waals surface area (Å²) >= 11 is 0. The molecule has 0 N–H and O–H groups in total. The van der Waals surface area contributed by atoms with Crippen molar-refractivity contribution >= 4 is 13.8 Å². The standard InChI is InChI=1S/C13H21N2O7P/c1-5-19-21-23(18,22-20-6-2)13(3,4)15(17)11-12-7-9-14(16)10-8-12/h7-11H,5-6H2,1-4H3/b15-11+. The lowest BCUT2D eigenvalue weighted by atomic mass is 10.3. The van der Waals surface area contributed by atoms with Gasteiger partial charge in [0, 0.05) is 26.0 Å². The van der Waals surface area contributed by atoms with Crippen molar-refractivity contribution in [3.63, 3.8) is 0 Å². The predicted molar refractivity (Wildman–Crippen MR) is 81.3 cm³/mol. The number of pyridine rings is 1. The molecule has 0 amide bonds. The molecule has 1 aromatic heterocycles. The molecule has 0 aromatic carbocycles. The van der Waals surface area contributed by atoms with Crippen LogP contribution < -0.4 is 4.73 Å². The van der Waals surface area contributed by atoms with Crippen molar-refractivity contribution in [3.8, 4) is 0 Å². The highest BCUT2D eigenvalue weighted by Gasteiger charge is 2.54. The smallest absolute Gasteiger partial charge is 0.454 e. The molecule has 0 aliphatic heterocycles. The molecule has 0 spiro atoms. The zero-order valence-corrected chi connectivity index (χ0v) is 14.4. The number of hydroxylamine groups is 1. The molecule has 0 bridgehead atoms. The van der Waals surface area contributed by atoms with Crippen LogP contribution in [0.4, 0.5) is 0 Å². The van der Waals surface area contributed by atoms with E-state index in [1.807, 2.05) is 0 Å². The van der Waals surface area contributed by atoms with Crippen molar-refractivity contribution < 1.29 is 33.2 Å². The molecule has 1 heterocycles. The topological polar surface area (TPSA) is 107 Å². The summed E-state index contributed by atoms with van der Waals surface area (Å²) in [5.74, 6) is 0. The highest BCUT2D eigenvalue weighted by molar-refractivity contribution is 7.55. The van der Waals surface area contributed by atoms with Gasteiger partial charge in [-0.2, -0.15) is 9.47 Å². The van der Waals surface area contributed by atoms with Gasteiger partial charge in [0.1, 0.15) is 0 Å². The fourth-order valence-corrected chi connectivity index (χ4v) is 2.54. The molecule has 23 heavy (non-hydrogen) atoms. The summed E-state index contributed by atoms with van der Waals surface area (Å²) < 4.78 is 23.5. The van der Waals surface area contributed by atoms with E-state index in [1.165, 1.54) is 38.4 Å². The van der Waals surface area contributed by atoms with Gasteiger partial charge in [0.15, 0.2) is 18.6 Å². The summed E-state index contributed by atoms with van der Waals surface area (Å²) in [6.07, 6.45) is 3.64. The average Bonchev–Trinajstić information content (AvgIpc) is 2.52. The molecule has 0 unspecified atom stereocenters. The van der Waals surface area contributed by atoms with Gasteiger partial charge in [-0.25, -0.2) is 14.3 Å². The normalized spacial score (nSPS) is 13.3. The molecule has 0 fully saturated rings. The molecular weight excluding hydrogens is 327 g/mol. The van der Waals surface area contributed by atoms with Gasteiger partial charge in [0.05, 0.1) is 18.8 Å². The summed E-state index contributed by atoms with van der Waals surface area (Å²) in [5, 5.41) is 21.8. The first-order valence-corrected chi connectivity index (χ1v) is 8.53. The zero-order chi connectivity index (χ0) is 17.5. The molecule has 130 valence electrons. The summed E-state index contributed by atoms with van der Waals surface area (Å²) in [5.41, 5.74) is 0.444. The maximum absolute atomic E-state index is 12.8. The Hall–Kier alpha value is -1.51. The maximum Gasteiger partial charge on any atom is 0.454 e. The molecular formula is C13H21N2O7P. The number of nitrogens with zero attached hydrogens (tertiary/aromatic N) is 2. The van der Waals surface area contributed by atoms with E-state index in [4.69, 9.17) is 19.1 Å². The second kappa shape index (κ2) is 8.37. The van der Waals surface area contributed by atoms with E-state index in [-0.39, 0.29) is 13.2 Å². The van der Waals surface area contributed by atoms with Crippen molar-refractivity contribution in [1.82, 2.24) is 0 Å². The molecule has 0 atom stereocenters. The molecule has 0 radical (unpaired) electrons. The summed E-state index contributed by atoms with van der Waals surface area (Å²) in [6.45, 7) is 6.21. The van der Waals surface area contributed by atoms with E-state index >= 15 is 0 Å². The highest BCUT2D eigenvalue weighted by Crippen LogP contribution is 2.60. The molecule has 0 aliphatic rings. The first-order chi connectivity index (χ1) is 10.8. The van der Waals surface area contributed by atoms with Crippen molar-refractivity contribution in [2.75, 3.05) is 13.2 Å². The lowest BCUT2D eigenvalue weighted by molar-refractivity contribution is -0.605. The summed E-state index contributed by atoms with van der Waals surface area (Å²) in [6, 6.07) is 2.87. The van der Waals surface area contributed by atoms with Gasteiger partial charge in [-0.3, -0.25) is 0 Å². The van der Waals surface area contributed by atoms with Crippen LogP contribution in [0.15, 0.2) is 24.5 Å². The number of hydrogen-bond donors (Lipinski definition) is 0. The van der Waals surface area contributed by atoms with Gasteiger partial charge in [-0.15, -0.1) is 9.35 Å². The van der Waals surface area contributed by atoms with Crippen LogP contribution in [0, 0.1) is 10.4 Å². The lowest BCUT2D eigenvalue weighted by Gasteiger charge is -2.28. The van der Waals surface area contributed by atoms with Crippen LogP contribution >= 0.6 is 7.60 Å². The third-order valence-electron chi connectivity index (χ3n) is 2.84. The van der Waals surface area contributed by atoms with E-state index in [0.717, 1.165) is 6.21 Å². The van der Waals surface area contributed by atoms with Crippen molar-refractivity contribution in [2.45, 2.75) is 33.0 Å². The largest absolute Gasteiger partial charge is 0.623 e. The molecule has 0 saturated heterocycles. The van der Waals surface area contributed by atoms with E-state index in [0.29, 0.717) is 15.0 Å². The number of aromatic nitrogens is 1. The minimum Gasteiger partial charge on any atom is -0.623 e. The average molecular weight is 348 g/mol. The predicted octanol–water partition coefficient (Wildman–Crippen LogP) is 2.11. The van der Waals surface area contributed by atoms with Crippen molar-refractivity contribution in [3.05, 3.63) is 40.5 Å². The zero-order valence-electron chi connectivity index (χ0n) is 13.5. The van der Waals surface area contributed by atoms with Crippen LogP contribution in [-0.2, 0) is 23.7 Å². The van der Waals surface area contributed by atoms with Crippen LogP contribution in [0.3, 0.4) is 0 Å².